The molecule has 9 heteroatoms. The van der Waals surface area contributed by atoms with Crippen LogP contribution in [0.4, 0.5) is 8.78 Å². The van der Waals surface area contributed by atoms with E-state index < -0.39 is 17.2 Å². The number of nitrogens with zero attached hydrogens (tertiary/aromatic N) is 6. The van der Waals surface area contributed by atoms with E-state index in [4.69, 9.17) is 5.26 Å². The highest BCUT2D eigenvalue weighted by atomic mass is 19.1. The van der Waals surface area contributed by atoms with Gasteiger partial charge < -0.3 is 5.11 Å². The molecule has 0 aliphatic heterocycles. The molecule has 0 fully saturated rings. The predicted octanol–water partition coefficient (Wildman–Crippen LogP) is 3.20. The van der Waals surface area contributed by atoms with E-state index in [2.05, 4.69) is 15.3 Å². The van der Waals surface area contributed by atoms with E-state index in [1.165, 1.54) is 39.7 Å². The van der Waals surface area contributed by atoms with Crippen LogP contribution in [0.5, 0.6) is 0 Å². The highest BCUT2D eigenvalue weighted by Crippen LogP contribution is 2.27. The number of nitriles is 1. The fourth-order valence-corrected chi connectivity index (χ4v) is 3.10. The molecule has 0 aliphatic rings. The van der Waals surface area contributed by atoms with Gasteiger partial charge in [0.2, 0.25) is 0 Å². The second-order valence-corrected chi connectivity index (χ2v) is 7.28. The molecule has 29 heavy (non-hydrogen) atoms. The molecule has 2 aromatic carbocycles. The fraction of sp³-hybridized carbons (Fsp3) is 0.200. The highest BCUT2D eigenvalue weighted by molar-refractivity contribution is 5.78. The third kappa shape index (κ3) is 3.46. The van der Waals surface area contributed by atoms with Crippen molar-refractivity contribution >= 4 is 11.0 Å². The van der Waals surface area contributed by atoms with Gasteiger partial charge in [0.25, 0.3) is 0 Å². The molecule has 0 bridgehead atoms. The summed E-state index contributed by atoms with van der Waals surface area (Å²) in [6.07, 6.45) is 3.02. The van der Waals surface area contributed by atoms with Crippen molar-refractivity contribution in [1.29, 1.82) is 5.26 Å². The van der Waals surface area contributed by atoms with E-state index in [-0.39, 0.29) is 17.8 Å². The van der Waals surface area contributed by atoms with Gasteiger partial charge in [-0.15, -0.1) is 5.10 Å². The third-order valence-electron chi connectivity index (χ3n) is 4.37. The van der Waals surface area contributed by atoms with Crippen LogP contribution < -0.4 is 0 Å². The smallest absolute Gasteiger partial charge is 0.149 e. The number of halogens is 2. The molecule has 0 saturated carbocycles. The summed E-state index contributed by atoms with van der Waals surface area (Å²) in [7, 11) is 0. The highest BCUT2D eigenvalue weighted by Gasteiger charge is 2.19. The number of aliphatic hydroxyl groups is 1. The van der Waals surface area contributed by atoms with Gasteiger partial charge in [-0.05, 0) is 38.1 Å². The van der Waals surface area contributed by atoms with Crippen molar-refractivity contribution in [2.24, 2.45) is 0 Å². The molecule has 7 nitrogen and oxygen atoms in total. The number of aromatic nitrogens is 5. The maximum absolute atomic E-state index is 15.0. The van der Waals surface area contributed by atoms with Crippen molar-refractivity contribution in [3.8, 4) is 23.1 Å². The molecule has 4 rings (SSSR count). The molecular weight excluding hydrogens is 378 g/mol. The number of fused-ring (bicyclic) bond motifs is 1. The zero-order valence-electron chi connectivity index (χ0n) is 15.6. The summed E-state index contributed by atoms with van der Waals surface area (Å²) < 4.78 is 31.9. The first kappa shape index (κ1) is 18.7. The Morgan fingerprint density at radius 1 is 1.17 bits per heavy atom. The Bertz CT molecular complexity index is 1260. The SMILES string of the molecule is CC(C)(O)Cn1nnc2cc(-n3ccnc3-c3ccc(C#N)c(F)c3)c(F)cc21. The van der Waals surface area contributed by atoms with Crippen LogP contribution >= 0.6 is 0 Å². The molecule has 0 saturated heterocycles. The van der Waals surface area contributed by atoms with E-state index in [0.29, 0.717) is 22.4 Å². The van der Waals surface area contributed by atoms with Crippen molar-refractivity contribution in [3.63, 3.8) is 0 Å². The monoisotopic (exact) mass is 394 g/mol. The summed E-state index contributed by atoms with van der Waals surface area (Å²) >= 11 is 0. The Morgan fingerprint density at radius 2 is 1.97 bits per heavy atom. The standard InChI is InChI=1S/C20H16F2N6O/c1-20(2,29)11-28-18-8-15(22)17(9-16(18)25-26-28)27-6-5-24-19(27)12-3-4-13(10-23)14(21)7-12/h3-9,29H,11H2,1-2H3. The molecule has 0 aliphatic carbocycles. The van der Waals surface area contributed by atoms with Gasteiger partial charge in [0.1, 0.15) is 29.0 Å². The van der Waals surface area contributed by atoms with Crippen LogP contribution in [0.25, 0.3) is 28.1 Å². The summed E-state index contributed by atoms with van der Waals surface area (Å²) in [6, 6.07) is 8.67. The molecule has 4 aromatic rings. The van der Waals surface area contributed by atoms with Gasteiger partial charge in [-0.2, -0.15) is 5.26 Å². The van der Waals surface area contributed by atoms with Gasteiger partial charge in [0, 0.05) is 24.0 Å². The zero-order valence-corrected chi connectivity index (χ0v) is 15.6. The maximum atomic E-state index is 15.0. The maximum Gasteiger partial charge on any atom is 0.149 e. The van der Waals surface area contributed by atoms with E-state index in [1.807, 2.05) is 0 Å². The van der Waals surface area contributed by atoms with E-state index in [9.17, 15) is 13.9 Å². The molecular formula is C20H16F2N6O. The van der Waals surface area contributed by atoms with E-state index >= 15 is 0 Å². The number of imidazole rings is 1. The first-order valence-electron chi connectivity index (χ1n) is 8.76. The molecule has 0 amide bonds. The van der Waals surface area contributed by atoms with Crippen molar-refractivity contribution in [2.75, 3.05) is 0 Å². The topological polar surface area (TPSA) is 92.5 Å². The van der Waals surface area contributed by atoms with Gasteiger partial charge in [-0.25, -0.2) is 18.4 Å². The second kappa shape index (κ2) is 6.76. The molecule has 0 atom stereocenters. The lowest BCUT2D eigenvalue weighted by Crippen LogP contribution is -2.26. The molecule has 2 heterocycles. The van der Waals surface area contributed by atoms with Gasteiger partial charge in [-0.3, -0.25) is 4.57 Å². The Morgan fingerprint density at radius 3 is 2.66 bits per heavy atom. The zero-order chi connectivity index (χ0) is 20.8. The lowest BCUT2D eigenvalue weighted by molar-refractivity contribution is 0.0585. The van der Waals surface area contributed by atoms with E-state index in [0.717, 1.165) is 0 Å². The number of hydrogen-bond acceptors (Lipinski definition) is 5. The molecule has 146 valence electrons. The Kier molecular flexibility index (Phi) is 4.36. The molecule has 0 radical (unpaired) electrons. The van der Waals surface area contributed by atoms with Crippen molar-refractivity contribution in [2.45, 2.75) is 26.0 Å². The largest absolute Gasteiger partial charge is 0.389 e. The average molecular weight is 394 g/mol. The minimum absolute atomic E-state index is 0.0807. The first-order valence-corrected chi connectivity index (χ1v) is 8.76. The average Bonchev–Trinajstić information content (AvgIpc) is 3.27. The quantitative estimate of drug-likeness (QED) is 0.574. The van der Waals surface area contributed by atoms with Crippen LogP contribution in [0, 0.1) is 23.0 Å². The van der Waals surface area contributed by atoms with Gasteiger partial charge in [-0.1, -0.05) is 5.21 Å². The molecule has 2 aromatic heterocycles. The van der Waals surface area contributed by atoms with Crippen LogP contribution in [0.3, 0.4) is 0 Å². The summed E-state index contributed by atoms with van der Waals surface area (Å²) in [5, 5.41) is 26.9. The second-order valence-electron chi connectivity index (χ2n) is 7.28. The van der Waals surface area contributed by atoms with Crippen molar-refractivity contribution < 1.29 is 13.9 Å². The fourth-order valence-electron chi connectivity index (χ4n) is 3.10. The van der Waals surface area contributed by atoms with Crippen LogP contribution in [0.15, 0.2) is 42.7 Å². The van der Waals surface area contributed by atoms with Gasteiger partial charge >= 0.3 is 0 Å². The normalized spacial score (nSPS) is 11.7. The molecule has 0 unspecified atom stereocenters. The van der Waals surface area contributed by atoms with Crippen molar-refractivity contribution in [1.82, 2.24) is 24.5 Å². The summed E-state index contributed by atoms with van der Waals surface area (Å²) in [4.78, 5) is 4.21. The Hall–Kier alpha value is -3.64. The predicted molar refractivity (Wildman–Crippen MR) is 101 cm³/mol. The molecule has 0 spiro atoms. The van der Waals surface area contributed by atoms with Crippen LogP contribution in [-0.2, 0) is 6.54 Å². The van der Waals surface area contributed by atoms with Gasteiger partial charge in [0.15, 0.2) is 0 Å². The van der Waals surface area contributed by atoms with Crippen LogP contribution in [-0.4, -0.2) is 35.3 Å². The number of benzene rings is 2. The summed E-state index contributed by atoms with van der Waals surface area (Å²) in [5.74, 6) is -0.911. The molecule has 1 N–H and O–H groups in total. The lowest BCUT2D eigenvalue weighted by Gasteiger charge is -2.17. The third-order valence-corrected chi connectivity index (χ3v) is 4.37. The van der Waals surface area contributed by atoms with Crippen molar-refractivity contribution in [3.05, 3.63) is 59.9 Å². The minimum Gasteiger partial charge on any atom is -0.389 e. The van der Waals surface area contributed by atoms with E-state index in [1.54, 1.807) is 32.2 Å². The number of hydrogen-bond donors (Lipinski definition) is 1. The number of rotatable bonds is 4. The minimum atomic E-state index is -1.03. The lowest BCUT2D eigenvalue weighted by atomic mass is 10.1. The van der Waals surface area contributed by atoms with Crippen LogP contribution in [0.1, 0.15) is 19.4 Å². The Labute approximate surface area is 164 Å². The summed E-state index contributed by atoms with van der Waals surface area (Å²) in [6.45, 7) is 3.41. The Balaban J connectivity index is 1.81. The summed E-state index contributed by atoms with van der Waals surface area (Å²) in [5.41, 5.74) is 0.341. The van der Waals surface area contributed by atoms with Crippen LogP contribution in [0.2, 0.25) is 0 Å². The first-order chi connectivity index (χ1) is 13.8. The van der Waals surface area contributed by atoms with Gasteiger partial charge in [0.05, 0.1) is 28.9 Å².